The summed E-state index contributed by atoms with van der Waals surface area (Å²) in [5.74, 6) is -0.887. The molecule has 7 nitrogen and oxygen atoms in total. The van der Waals surface area contributed by atoms with Crippen molar-refractivity contribution < 1.29 is 27.6 Å². The number of amides is 3. The van der Waals surface area contributed by atoms with Crippen molar-refractivity contribution in [1.29, 1.82) is 0 Å². The molecule has 3 amide bonds. The number of alkyl halides is 3. The SMILES string of the molecule is CN(C)C(=O)CCc1cccc(NC(=O)CNc2cccc(C(=O)Nc3cccc(C(F)(F)F)c3)c2)c1. The summed E-state index contributed by atoms with van der Waals surface area (Å²) in [6, 6.07) is 17.9. The lowest BCUT2D eigenvalue weighted by molar-refractivity contribution is -0.137. The van der Waals surface area contributed by atoms with Crippen LogP contribution in [0.3, 0.4) is 0 Å². The minimum Gasteiger partial charge on any atom is -0.376 e. The monoisotopic (exact) mass is 512 g/mol. The fraction of sp³-hybridized carbons (Fsp3) is 0.222. The molecule has 0 aromatic heterocycles. The lowest BCUT2D eigenvalue weighted by atomic mass is 10.1. The lowest BCUT2D eigenvalue weighted by Crippen LogP contribution is -2.22. The third-order valence-electron chi connectivity index (χ3n) is 5.36. The standard InChI is InChI=1S/C27H27F3N4O3/c1-34(2)25(36)13-12-18-6-3-10-22(14-18)32-24(35)17-31-21-9-4-7-19(15-21)26(37)33-23-11-5-8-20(16-23)27(28,29)30/h3-11,14-16,31H,12-13,17H2,1-2H3,(H,32,35)(H,33,37). The molecule has 0 bridgehead atoms. The molecular weight excluding hydrogens is 485 g/mol. The van der Waals surface area contributed by atoms with Gasteiger partial charge in [-0.1, -0.05) is 24.3 Å². The van der Waals surface area contributed by atoms with Crippen LogP contribution in [0.15, 0.2) is 72.8 Å². The van der Waals surface area contributed by atoms with Crippen LogP contribution in [0.1, 0.15) is 27.9 Å². The van der Waals surface area contributed by atoms with Gasteiger partial charge >= 0.3 is 6.18 Å². The van der Waals surface area contributed by atoms with Crippen LogP contribution < -0.4 is 16.0 Å². The molecule has 0 spiro atoms. The fourth-order valence-corrected chi connectivity index (χ4v) is 3.41. The van der Waals surface area contributed by atoms with Crippen molar-refractivity contribution in [2.75, 3.05) is 36.6 Å². The zero-order valence-electron chi connectivity index (χ0n) is 20.4. The molecule has 10 heteroatoms. The van der Waals surface area contributed by atoms with Crippen molar-refractivity contribution in [2.24, 2.45) is 0 Å². The summed E-state index contributed by atoms with van der Waals surface area (Å²) in [5, 5.41) is 8.17. The Hall–Kier alpha value is -4.34. The number of benzene rings is 3. The third kappa shape index (κ3) is 8.38. The fourth-order valence-electron chi connectivity index (χ4n) is 3.41. The van der Waals surface area contributed by atoms with Gasteiger partial charge in [-0.2, -0.15) is 13.2 Å². The number of halogens is 3. The minimum absolute atomic E-state index is 0.0179. The summed E-state index contributed by atoms with van der Waals surface area (Å²) in [6.07, 6.45) is -3.60. The average Bonchev–Trinajstić information content (AvgIpc) is 2.86. The molecule has 0 aliphatic carbocycles. The normalized spacial score (nSPS) is 10.9. The predicted octanol–water partition coefficient (Wildman–Crippen LogP) is 5.03. The summed E-state index contributed by atoms with van der Waals surface area (Å²) >= 11 is 0. The van der Waals surface area contributed by atoms with Crippen LogP contribution in [0.25, 0.3) is 0 Å². The van der Waals surface area contributed by atoms with Crippen molar-refractivity contribution >= 4 is 34.8 Å². The van der Waals surface area contributed by atoms with Crippen molar-refractivity contribution in [3.05, 3.63) is 89.5 Å². The van der Waals surface area contributed by atoms with Gasteiger partial charge in [0.15, 0.2) is 0 Å². The van der Waals surface area contributed by atoms with E-state index in [0.29, 0.717) is 24.2 Å². The first-order valence-electron chi connectivity index (χ1n) is 11.4. The Bertz CT molecular complexity index is 1280. The van der Waals surface area contributed by atoms with Crippen LogP contribution >= 0.6 is 0 Å². The van der Waals surface area contributed by atoms with Crippen molar-refractivity contribution in [3.8, 4) is 0 Å². The molecule has 0 heterocycles. The van der Waals surface area contributed by atoms with Crippen LogP contribution in [-0.4, -0.2) is 43.3 Å². The van der Waals surface area contributed by atoms with E-state index in [1.165, 1.54) is 29.2 Å². The molecule has 0 saturated carbocycles. The maximum absolute atomic E-state index is 12.9. The van der Waals surface area contributed by atoms with E-state index in [2.05, 4.69) is 16.0 Å². The van der Waals surface area contributed by atoms with Crippen LogP contribution in [-0.2, 0) is 22.2 Å². The van der Waals surface area contributed by atoms with E-state index >= 15 is 0 Å². The molecule has 3 rings (SSSR count). The minimum atomic E-state index is -4.52. The smallest absolute Gasteiger partial charge is 0.376 e. The molecule has 3 N–H and O–H groups in total. The van der Waals surface area contributed by atoms with Crippen molar-refractivity contribution in [1.82, 2.24) is 4.90 Å². The van der Waals surface area contributed by atoms with E-state index in [1.54, 1.807) is 44.4 Å². The Morgan fingerprint density at radius 3 is 2.16 bits per heavy atom. The number of nitrogens with zero attached hydrogens (tertiary/aromatic N) is 1. The Morgan fingerprint density at radius 2 is 1.46 bits per heavy atom. The van der Waals surface area contributed by atoms with Gasteiger partial charge in [0.25, 0.3) is 5.91 Å². The van der Waals surface area contributed by atoms with Crippen LogP contribution in [0.2, 0.25) is 0 Å². The Morgan fingerprint density at radius 1 is 0.811 bits per heavy atom. The molecule has 3 aromatic carbocycles. The van der Waals surface area contributed by atoms with Gasteiger partial charge in [0.2, 0.25) is 11.8 Å². The van der Waals surface area contributed by atoms with E-state index in [1.807, 2.05) is 6.07 Å². The number of aryl methyl sites for hydroxylation is 1. The maximum Gasteiger partial charge on any atom is 0.416 e. The molecule has 0 atom stereocenters. The van der Waals surface area contributed by atoms with Gasteiger partial charge in [-0.05, 0) is 60.5 Å². The Balaban J connectivity index is 1.55. The van der Waals surface area contributed by atoms with Crippen LogP contribution in [0.4, 0.5) is 30.2 Å². The number of carbonyl (C=O) groups excluding carboxylic acids is 3. The van der Waals surface area contributed by atoms with Crippen molar-refractivity contribution in [2.45, 2.75) is 19.0 Å². The van der Waals surface area contributed by atoms with Gasteiger partial charge in [0.1, 0.15) is 0 Å². The molecule has 0 unspecified atom stereocenters. The zero-order valence-corrected chi connectivity index (χ0v) is 20.4. The maximum atomic E-state index is 12.9. The Labute approximate surface area is 212 Å². The molecule has 0 radical (unpaired) electrons. The quantitative estimate of drug-likeness (QED) is 0.375. The topological polar surface area (TPSA) is 90.5 Å². The first-order chi connectivity index (χ1) is 17.5. The van der Waals surface area contributed by atoms with Gasteiger partial charge in [0, 0.05) is 43.1 Å². The van der Waals surface area contributed by atoms with Gasteiger partial charge in [0.05, 0.1) is 12.1 Å². The van der Waals surface area contributed by atoms with Crippen LogP contribution in [0.5, 0.6) is 0 Å². The molecule has 0 aliphatic heterocycles. The van der Waals surface area contributed by atoms with E-state index in [-0.39, 0.29) is 29.6 Å². The average molecular weight is 513 g/mol. The first kappa shape index (κ1) is 27.3. The second-order valence-corrected chi connectivity index (χ2v) is 8.50. The highest BCUT2D eigenvalue weighted by molar-refractivity contribution is 6.05. The predicted molar refractivity (Wildman–Crippen MR) is 136 cm³/mol. The molecular formula is C27H27F3N4O3. The number of hydrogen-bond donors (Lipinski definition) is 3. The highest BCUT2D eigenvalue weighted by atomic mass is 19.4. The Kier molecular flexibility index (Phi) is 8.89. The van der Waals surface area contributed by atoms with E-state index < -0.39 is 17.6 Å². The van der Waals surface area contributed by atoms with Gasteiger partial charge in [-0.25, -0.2) is 0 Å². The summed E-state index contributed by atoms with van der Waals surface area (Å²) in [7, 11) is 3.40. The molecule has 194 valence electrons. The summed E-state index contributed by atoms with van der Waals surface area (Å²) < 4.78 is 38.7. The molecule has 3 aromatic rings. The molecule has 0 saturated heterocycles. The first-order valence-corrected chi connectivity index (χ1v) is 11.4. The van der Waals surface area contributed by atoms with E-state index in [0.717, 1.165) is 17.7 Å². The largest absolute Gasteiger partial charge is 0.416 e. The van der Waals surface area contributed by atoms with Crippen LogP contribution in [0, 0.1) is 0 Å². The number of carbonyl (C=O) groups is 3. The second kappa shape index (κ2) is 12.1. The van der Waals surface area contributed by atoms with Gasteiger partial charge in [-0.15, -0.1) is 0 Å². The van der Waals surface area contributed by atoms with Crippen molar-refractivity contribution in [3.63, 3.8) is 0 Å². The summed E-state index contributed by atoms with van der Waals surface area (Å²) in [4.78, 5) is 38.3. The van der Waals surface area contributed by atoms with Gasteiger partial charge < -0.3 is 20.9 Å². The number of anilines is 3. The van der Waals surface area contributed by atoms with E-state index in [9.17, 15) is 27.6 Å². The zero-order chi connectivity index (χ0) is 27.0. The third-order valence-corrected chi connectivity index (χ3v) is 5.36. The number of nitrogens with one attached hydrogen (secondary N) is 3. The lowest BCUT2D eigenvalue weighted by Gasteiger charge is -2.12. The second-order valence-electron chi connectivity index (χ2n) is 8.50. The van der Waals surface area contributed by atoms with E-state index in [4.69, 9.17) is 0 Å². The number of hydrogen-bond acceptors (Lipinski definition) is 4. The summed E-state index contributed by atoms with van der Waals surface area (Å²) in [6.45, 7) is -0.0813. The number of rotatable bonds is 9. The highest BCUT2D eigenvalue weighted by Crippen LogP contribution is 2.30. The molecule has 0 fully saturated rings. The molecule has 37 heavy (non-hydrogen) atoms. The molecule has 0 aliphatic rings. The summed E-state index contributed by atoms with van der Waals surface area (Å²) in [5.41, 5.74) is 1.37. The highest BCUT2D eigenvalue weighted by Gasteiger charge is 2.30. The van der Waals surface area contributed by atoms with Gasteiger partial charge in [-0.3, -0.25) is 14.4 Å².